The van der Waals surface area contributed by atoms with Crippen LogP contribution in [-0.4, -0.2) is 15.0 Å². The maximum atomic E-state index is 9.17. The molecule has 308 valence electrons. The lowest BCUT2D eigenvalue weighted by atomic mass is 9.96. The van der Waals surface area contributed by atoms with Crippen LogP contribution >= 0.6 is 0 Å². The van der Waals surface area contributed by atoms with E-state index in [1.165, 1.54) is 0 Å². The summed E-state index contributed by atoms with van der Waals surface area (Å²) in [5.74, 6) is 1.13. The van der Waals surface area contributed by atoms with Crippen LogP contribution in [0.1, 0.15) is 11.0 Å². The molecule has 0 aliphatic rings. The van der Waals surface area contributed by atoms with Crippen LogP contribution < -0.4 is 0 Å². The van der Waals surface area contributed by atoms with Gasteiger partial charge in [0.15, 0.2) is 17.5 Å². The second-order valence-corrected chi connectivity index (χ2v) is 16.2. The lowest BCUT2D eigenvalue weighted by Gasteiger charge is -2.11. The van der Waals surface area contributed by atoms with Gasteiger partial charge in [0.25, 0.3) is 0 Å². The van der Waals surface area contributed by atoms with Crippen LogP contribution in [0.5, 0.6) is 0 Å². The number of hydrogen-bond acceptors (Lipinski definition) is 3. The molecular formula is C63H41N3. The standard InChI is InChI=1S/C63H41N3/c1-2-10-42(11-3-1)53-36-37-55-41-56(39-38-54(55)40-53)63-65-61(51-32-24-45(25-33-51)43-20-28-49(29-21-43)59-18-8-14-47-12-4-6-16-57(47)59)64-62(66-63)52-34-26-46(27-35-52)44-22-30-50(31-23-44)60-19-9-15-48-13-5-7-17-58(48)60/h1-41H/i20D,21D,22D,23D,28D,29D,30D,31D. The summed E-state index contributed by atoms with van der Waals surface area (Å²) in [6.45, 7) is 0. The Kier molecular flexibility index (Phi) is 7.89. The van der Waals surface area contributed by atoms with Gasteiger partial charge in [0.2, 0.25) is 0 Å². The van der Waals surface area contributed by atoms with Crippen molar-refractivity contribution in [1.82, 2.24) is 15.0 Å². The van der Waals surface area contributed by atoms with Gasteiger partial charge in [-0.25, -0.2) is 15.0 Å². The molecule has 66 heavy (non-hydrogen) atoms. The zero-order valence-electron chi connectivity index (χ0n) is 43.4. The van der Waals surface area contributed by atoms with Crippen molar-refractivity contribution in [2.75, 3.05) is 0 Å². The van der Waals surface area contributed by atoms with E-state index in [1.54, 1.807) is 24.3 Å². The summed E-state index contributed by atoms with van der Waals surface area (Å²) in [5, 5.41) is 5.62. The van der Waals surface area contributed by atoms with Gasteiger partial charge in [0.1, 0.15) is 0 Å². The minimum atomic E-state index is -0.143. The Morgan fingerprint density at radius 2 is 0.576 bits per heavy atom. The van der Waals surface area contributed by atoms with Crippen LogP contribution in [0.25, 0.3) is 122 Å². The minimum Gasteiger partial charge on any atom is -0.208 e. The molecule has 0 aliphatic heterocycles. The van der Waals surface area contributed by atoms with Crippen molar-refractivity contribution in [2.24, 2.45) is 0 Å². The molecule has 0 unspecified atom stereocenters. The summed E-state index contributed by atoms with van der Waals surface area (Å²) in [6.07, 6.45) is 0. The van der Waals surface area contributed by atoms with Gasteiger partial charge in [0, 0.05) is 16.7 Å². The molecule has 12 rings (SSSR count). The first kappa shape index (κ1) is 31.1. The van der Waals surface area contributed by atoms with Gasteiger partial charge in [0.05, 0.1) is 11.0 Å². The van der Waals surface area contributed by atoms with Gasteiger partial charge in [-0.15, -0.1) is 0 Å². The number of hydrogen-bond donors (Lipinski definition) is 0. The second-order valence-electron chi connectivity index (χ2n) is 16.2. The maximum Gasteiger partial charge on any atom is 0.164 e. The van der Waals surface area contributed by atoms with Crippen LogP contribution in [0.2, 0.25) is 0 Å². The second kappa shape index (κ2) is 16.7. The van der Waals surface area contributed by atoms with E-state index in [1.807, 2.05) is 140 Å². The quantitative estimate of drug-likeness (QED) is 0.153. The lowest BCUT2D eigenvalue weighted by Crippen LogP contribution is -2.00. The Labute approximate surface area is 395 Å². The Balaban J connectivity index is 0.939. The highest BCUT2D eigenvalue weighted by atomic mass is 15.0. The first-order valence-electron chi connectivity index (χ1n) is 25.8. The Hall–Kier alpha value is -8.79. The topological polar surface area (TPSA) is 38.7 Å². The van der Waals surface area contributed by atoms with Crippen LogP contribution in [0.15, 0.2) is 249 Å². The summed E-state index contributed by atoms with van der Waals surface area (Å²) in [5.41, 5.74) is 7.38. The zero-order chi connectivity index (χ0) is 50.8. The van der Waals surface area contributed by atoms with Crippen molar-refractivity contribution in [3.05, 3.63) is 249 Å². The van der Waals surface area contributed by atoms with Crippen LogP contribution in [0.3, 0.4) is 0 Å². The summed E-state index contributed by atoms with van der Waals surface area (Å²) in [6, 6.07) is 62.6. The van der Waals surface area contributed by atoms with Gasteiger partial charge in [-0.3, -0.25) is 0 Å². The fourth-order valence-electron chi connectivity index (χ4n) is 8.60. The molecule has 1 heterocycles. The summed E-state index contributed by atoms with van der Waals surface area (Å²) in [7, 11) is 0. The molecular weight excluding hydrogens is 799 g/mol. The Bertz CT molecular complexity index is 3940. The minimum absolute atomic E-state index is 0.123. The molecule has 0 aliphatic carbocycles. The third kappa shape index (κ3) is 7.49. The van der Waals surface area contributed by atoms with Crippen LogP contribution in [-0.2, 0) is 0 Å². The molecule has 0 saturated heterocycles. The number of nitrogens with zero attached hydrogens (tertiary/aromatic N) is 3. The van der Waals surface area contributed by atoms with Gasteiger partial charge in [-0.2, -0.15) is 0 Å². The Morgan fingerprint density at radius 3 is 1.08 bits per heavy atom. The largest absolute Gasteiger partial charge is 0.208 e. The number of aromatic nitrogens is 3. The fourth-order valence-corrected chi connectivity index (χ4v) is 8.60. The van der Waals surface area contributed by atoms with E-state index in [0.29, 0.717) is 50.9 Å². The van der Waals surface area contributed by atoms with E-state index in [-0.39, 0.29) is 70.6 Å². The number of rotatable bonds is 8. The number of fused-ring (bicyclic) bond motifs is 3. The van der Waals surface area contributed by atoms with Crippen molar-refractivity contribution in [1.29, 1.82) is 0 Å². The fraction of sp³-hybridized carbons (Fsp3) is 0. The lowest BCUT2D eigenvalue weighted by molar-refractivity contribution is 1.07. The van der Waals surface area contributed by atoms with Gasteiger partial charge in [-0.1, -0.05) is 236 Å². The molecule has 12 aromatic rings. The molecule has 0 fully saturated rings. The predicted octanol–water partition coefficient (Wildman–Crippen LogP) is 16.7. The monoisotopic (exact) mass is 847 g/mol. The normalized spacial score (nSPS) is 13.0. The average molecular weight is 848 g/mol. The highest BCUT2D eigenvalue weighted by Crippen LogP contribution is 2.35. The van der Waals surface area contributed by atoms with Crippen molar-refractivity contribution in [3.63, 3.8) is 0 Å². The maximum absolute atomic E-state index is 9.17. The average Bonchev–Trinajstić information content (AvgIpc) is 3.44. The third-order valence-corrected chi connectivity index (χ3v) is 12.1. The molecule has 0 saturated carbocycles. The molecule has 3 heteroatoms. The van der Waals surface area contributed by atoms with Crippen molar-refractivity contribution >= 4 is 32.3 Å². The summed E-state index contributed by atoms with van der Waals surface area (Å²) in [4.78, 5) is 15.0. The predicted molar refractivity (Wildman–Crippen MR) is 276 cm³/mol. The highest BCUT2D eigenvalue weighted by Gasteiger charge is 2.15. The molecule has 0 N–H and O–H groups in total. The molecule has 11 aromatic carbocycles. The van der Waals surface area contributed by atoms with E-state index in [9.17, 15) is 0 Å². The molecule has 3 nitrogen and oxygen atoms in total. The zero-order valence-corrected chi connectivity index (χ0v) is 35.4. The summed E-state index contributed by atoms with van der Waals surface area (Å²) >= 11 is 0. The smallest absolute Gasteiger partial charge is 0.164 e. The van der Waals surface area contributed by atoms with E-state index in [4.69, 9.17) is 25.9 Å². The van der Waals surface area contributed by atoms with Crippen molar-refractivity contribution in [2.45, 2.75) is 0 Å². The molecule has 0 amide bonds. The van der Waals surface area contributed by atoms with Crippen molar-refractivity contribution in [3.8, 4) is 89.8 Å². The first-order chi connectivity index (χ1) is 36.0. The molecule has 0 bridgehead atoms. The Morgan fingerprint density at radius 1 is 0.227 bits per heavy atom. The van der Waals surface area contributed by atoms with Crippen LogP contribution in [0, 0.1) is 0 Å². The van der Waals surface area contributed by atoms with E-state index in [2.05, 4.69) is 36.4 Å². The van der Waals surface area contributed by atoms with Gasteiger partial charge < -0.3 is 0 Å². The van der Waals surface area contributed by atoms with E-state index >= 15 is 0 Å². The molecule has 0 atom stereocenters. The van der Waals surface area contributed by atoms with Gasteiger partial charge in [-0.05, 0) is 100 Å². The third-order valence-electron chi connectivity index (χ3n) is 12.1. The van der Waals surface area contributed by atoms with E-state index < -0.39 is 0 Å². The van der Waals surface area contributed by atoms with Crippen molar-refractivity contribution < 1.29 is 11.0 Å². The first-order valence-corrected chi connectivity index (χ1v) is 21.8. The molecule has 1 aromatic heterocycles. The molecule has 0 spiro atoms. The SMILES string of the molecule is [2H]c1c([2H])c(-c2cccc3ccccc23)c([2H])c([2H])c1-c1ccc(-c2nc(-c3ccc(-c4c([2H])c([2H])c(-c5cccc6ccccc56)c([2H])c4[2H])cc3)nc(-c3ccc4cc(-c5ccccc5)ccc4c3)n2)cc1. The summed E-state index contributed by atoms with van der Waals surface area (Å²) < 4.78 is 73.2. The highest BCUT2D eigenvalue weighted by molar-refractivity contribution is 5.98. The molecule has 0 radical (unpaired) electrons. The number of benzene rings is 11. The van der Waals surface area contributed by atoms with Crippen LogP contribution in [0.4, 0.5) is 0 Å². The van der Waals surface area contributed by atoms with E-state index in [0.717, 1.165) is 49.0 Å². The van der Waals surface area contributed by atoms with Gasteiger partial charge >= 0.3 is 0 Å².